The number of para-hydroxylation sites is 1. The standard InChI is InChI=1S/C20H23N3O2/c1-13(2)18(24)11-22-20-16-9-5-6-10-17(16)23(25)12-14-7-3-4-8-15(14)19(20)21/h3-10,13,22,25H,11-12,21H2,1-2H3/b20-19-. The summed E-state index contributed by atoms with van der Waals surface area (Å²) in [7, 11) is 0. The summed E-state index contributed by atoms with van der Waals surface area (Å²) in [6.07, 6.45) is 0. The number of Topliss-reactive ketones (excluding diaryl/α,β-unsaturated/α-hetero) is 1. The quantitative estimate of drug-likeness (QED) is 0.799. The number of hydrogen-bond donors (Lipinski definition) is 3. The van der Waals surface area contributed by atoms with Crippen LogP contribution in [0.5, 0.6) is 0 Å². The van der Waals surface area contributed by atoms with Gasteiger partial charge in [-0.2, -0.15) is 0 Å². The van der Waals surface area contributed by atoms with Crippen LogP contribution in [0.25, 0.3) is 11.4 Å². The summed E-state index contributed by atoms with van der Waals surface area (Å²) in [5, 5.41) is 15.0. The second kappa shape index (κ2) is 6.99. The van der Waals surface area contributed by atoms with Crippen LogP contribution >= 0.6 is 0 Å². The molecule has 5 nitrogen and oxygen atoms in total. The van der Waals surface area contributed by atoms with Gasteiger partial charge >= 0.3 is 0 Å². The molecule has 0 fully saturated rings. The number of benzene rings is 2. The van der Waals surface area contributed by atoms with E-state index in [1.165, 1.54) is 5.06 Å². The Morgan fingerprint density at radius 1 is 1.16 bits per heavy atom. The van der Waals surface area contributed by atoms with Gasteiger partial charge in [0.25, 0.3) is 0 Å². The van der Waals surface area contributed by atoms with Gasteiger partial charge < -0.3 is 11.1 Å². The van der Waals surface area contributed by atoms with Gasteiger partial charge in [0.15, 0.2) is 5.78 Å². The molecule has 0 bridgehead atoms. The lowest BCUT2D eigenvalue weighted by Gasteiger charge is -2.27. The van der Waals surface area contributed by atoms with Crippen LogP contribution in [-0.2, 0) is 11.3 Å². The molecule has 0 atom stereocenters. The number of nitrogens with zero attached hydrogens (tertiary/aromatic N) is 1. The van der Waals surface area contributed by atoms with Crippen LogP contribution in [0.15, 0.2) is 48.5 Å². The highest BCUT2D eigenvalue weighted by atomic mass is 16.5. The predicted molar refractivity (Wildman–Crippen MR) is 99.7 cm³/mol. The average Bonchev–Trinajstić information content (AvgIpc) is 2.61. The van der Waals surface area contributed by atoms with Gasteiger partial charge in [0.05, 0.1) is 30.2 Å². The molecule has 0 aliphatic carbocycles. The van der Waals surface area contributed by atoms with E-state index in [0.29, 0.717) is 23.6 Å². The number of hydrogen-bond acceptors (Lipinski definition) is 5. The summed E-state index contributed by atoms with van der Waals surface area (Å²) in [5.41, 5.74) is 10.9. The number of hydroxylamine groups is 1. The molecule has 1 aliphatic heterocycles. The van der Waals surface area contributed by atoms with E-state index >= 15 is 0 Å². The van der Waals surface area contributed by atoms with E-state index in [2.05, 4.69) is 5.32 Å². The summed E-state index contributed by atoms with van der Waals surface area (Å²) in [6.45, 7) is 4.28. The Hall–Kier alpha value is -2.79. The third kappa shape index (κ3) is 3.37. The van der Waals surface area contributed by atoms with Crippen LogP contribution in [0.4, 0.5) is 5.69 Å². The van der Waals surface area contributed by atoms with E-state index in [1.54, 1.807) is 0 Å². The molecule has 0 saturated carbocycles. The largest absolute Gasteiger partial charge is 0.397 e. The van der Waals surface area contributed by atoms with Crippen molar-refractivity contribution < 1.29 is 10.0 Å². The number of rotatable bonds is 4. The SMILES string of the molecule is CC(C)C(=O)CN/C1=C(\N)c2ccccc2CN(O)c2ccccc21. The molecule has 130 valence electrons. The van der Waals surface area contributed by atoms with Crippen molar-refractivity contribution in [2.75, 3.05) is 11.6 Å². The van der Waals surface area contributed by atoms with Crippen molar-refractivity contribution in [3.63, 3.8) is 0 Å². The first kappa shape index (κ1) is 17.0. The zero-order chi connectivity index (χ0) is 18.0. The van der Waals surface area contributed by atoms with Crippen molar-refractivity contribution in [1.82, 2.24) is 5.32 Å². The monoisotopic (exact) mass is 337 g/mol. The predicted octanol–water partition coefficient (Wildman–Crippen LogP) is 3.00. The van der Waals surface area contributed by atoms with Gasteiger partial charge in [-0.25, -0.2) is 0 Å². The fourth-order valence-electron chi connectivity index (χ4n) is 2.93. The summed E-state index contributed by atoms with van der Waals surface area (Å²) < 4.78 is 0. The molecule has 2 aromatic rings. The Kier molecular flexibility index (Phi) is 4.76. The van der Waals surface area contributed by atoms with Crippen LogP contribution < -0.4 is 16.1 Å². The van der Waals surface area contributed by atoms with Gasteiger partial charge in [0, 0.05) is 17.0 Å². The first-order valence-corrected chi connectivity index (χ1v) is 8.39. The lowest BCUT2D eigenvalue weighted by molar-refractivity contribution is -0.120. The lowest BCUT2D eigenvalue weighted by Crippen LogP contribution is -2.29. The van der Waals surface area contributed by atoms with Gasteiger partial charge in [-0.3, -0.25) is 15.1 Å². The van der Waals surface area contributed by atoms with Crippen molar-refractivity contribution in [3.8, 4) is 0 Å². The first-order chi connectivity index (χ1) is 12.0. The van der Waals surface area contributed by atoms with E-state index in [4.69, 9.17) is 5.73 Å². The smallest absolute Gasteiger partial charge is 0.154 e. The Balaban J connectivity index is 2.14. The number of anilines is 1. The van der Waals surface area contributed by atoms with Gasteiger partial charge in [0.1, 0.15) is 0 Å². The van der Waals surface area contributed by atoms with E-state index in [1.807, 2.05) is 62.4 Å². The first-order valence-electron chi connectivity index (χ1n) is 8.39. The zero-order valence-corrected chi connectivity index (χ0v) is 14.5. The number of nitrogens with one attached hydrogen (secondary N) is 1. The second-order valence-electron chi connectivity index (χ2n) is 6.50. The van der Waals surface area contributed by atoms with E-state index in [0.717, 1.165) is 16.7 Å². The van der Waals surface area contributed by atoms with Crippen LogP contribution in [0.1, 0.15) is 30.5 Å². The van der Waals surface area contributed by atoms with Gasteiger partial charge in [-0.1, -0.05) is 56.3 Å². The Labute approximate surface area is 147 Å². The normalized spacial score (nSPS) is 16.7. The lowest BCUT2D eigenvalue weighted by atomic mass is 9.97. The number of nitrogens with two attached hydrogens (primary N) is 1. The minimum absolute atomic E-state index is 0.0558. The third-order valence-electron chi connectivity index (χ3n) is 4.43. The van der Waals surface area contributed by atoms with Gasteiger partial charge in [-0.15, -0.1) is 0 Å². The summed E-state index contributed by atoms with van der Waals surface area (Å²) in [5.74, 6) is 0.0498. The Morgan fingerprint density at radius 2 is 1.80 bits per heavy atom. The summed E-state index contributed by atoms with van der Waals surface area (Å²) >= 11 is 0. The second-order valence-corrected chi connectivity index (χ2v) is 6.50. The van der Waals surface area contributed by atoms with Crippen molar-refractivity contribution in [2.24, 2.45) is 11.7 Å². The summed E-state index contributed by atoms with van der Waals surface area (Å²) in [4.78, 5) is 12.1. The maximum atomic E-state index is 12.1. The molecular weight excluding hydrogens is 314 g/mol. The topological polar surface area (TPSA) is 78.6 Å². The molecule has 25 heavy (non-hydrogen) atoms. The van der Waals surface area contributed by atoms with Gasteiger partial charge in [0.2, 0.25) is 0 Å². The average molecular weight is 337 g/mol. The maximum Gasteiger partial charge on any atom is 0.154 e. The van der Waals surface area contributed by atoms with Crippen LogP contribution in [0.2, 0.25) is 0 Å². The Morgan fingerprint density at radius 3 is 2.52 bits per heavy atom. The molecule has 5 heteroatoms. The molecule has 1 heterocycles. The molecule has 1 aliphatic rings. The minimum atomic E-state index is -0.0558. The number of ketones is 1. The van der Waals surface area contributed by atoms with E-state index in [9.17, 15) is 10.0 Å². The molecule has 0 spiro atoms. The molecular formula is C20H23N3O2. The van der Waals surface area contributed by atoms with E-state index in [-0.39, 0.29) is 18.2 Å². The molecule has 0 aromatic heterocycles. The molecule has 3 rings (SSSR count). The fraction of sp³-hybridized carbons (Fsp3) is 0.250. The summed E-state index contributed by atoms with van der Waals surface area (Å²) in [6, 6.07) is 15.2. The van der Waals surface area contributed by atoms with Gasteiger partial charge in [-0.05, 0) is 11.6 Å². The number of carbonyl (C=O) groups excluding carboxylic acids is 1. The molecule has 0 amide bonds. The molecule has 0 unspecified atom stereocenters. The zero-order valence-electron chi connectivity index (χ0n) is 14.5. The van der Waals surface area contributed by atoms with Crippen LogP contribution in [0, 0.1) is 5.92 Å². The van der Waals surface area contributed by atoms with Crippen LogP contribution in [-0.4, -0.2) is 17.5 Å². The molecule has 2 aromatic carbocycles. The van der Waals surface area contributed by atoms with Crippen molar-refractivity contribution in [3.05, 3.63) is 65.2 Å². The molecule has 0 radical (unpaired) electrons. The molecule has 4 N–H and O–H groups in total. The highest BCUT2D eigenvalue weighted by Gasteiger charge is 2.22. The number of carbonyl (C=O) groups is 1. The van der Waals surface area contributed by atoms with E-state index < -0.39 is 0 Å². The van der Waals surface area contributed by atoms with Crippen LogP contribution in [0.3, 0.4) is 0 Å². The maximum absolute atomic E-state index is 12.1. The highest BCUT2D eigenvalue weighted by molar-refractivity contribution is 5.95. The highest BCUT2D eigenvalue weighted by Crippen LogP contribution is 2.33. The molecule has 0 saturated heterocycles. The third-order valence-corrected chi connectivity index (χ3v) is 4.43. The van der Waals surface area contributed by atoms with Crippen molar-refractivity contribution in [1.29, 1.82) is 0 Å². The minimum Gasteiger partial charge on any atom is -0.397 e. The van der Waals surface area contributed by atoms with Crippen molar-refractivity contribution in [2.45, 2.75) is 20.4 Å². The Bertz CT molecular complexity index is 827. The number of fused-ring (bicyclic) bond motifs is 2. The van der Waals surface area contributed by atoms with Crippen molar-refractivity contribution >= 4 is 22.9 Å². The fourth-order valence-corrected chi connectivity index (χ4v) is 2.93.